The first-order chi connectivity index (χ1) is 14.9. The van der Waals surface area contributed by atoms with Gasteiger partial charge in [0.05, 0.1) is 17.7 Å². The van der Waals surface area contributed by atoms with Gasteiger partial charge in [-0.1, -0.05) is 32.9 Å². The van der Waals surface area contributed by atoms with Crippen LogP contribution in [0.3, 0.4) is 0 Å². The van der Waals surface area contributed by atoms with Crippen LogP contribution in [0.15, 0.2) is 29.3 Å². The summed E-state index contributed by atoms with van der Waals surface area (Å²) in [6.07, 6.45) is 3.15. The number of piperidine rings is 1. The summed E-state index contributed by atoms with van der Waals surface area (Å²) in [4.78, 5) is 33.7. The molecule has 7 heteroatoms. The highest BCUT2D eigenvalue weighted by molar-refractivity contribution is 6.39. The number of carbonyl (C=O) groups excluding carboxylic acids is 1. The topological polar surface area (TPSA) is 97.0 Å². The van der Waals surface area contributed by atoms with Gasteiger partial charge in [0, 0.05) is 19.0 Å². The van der Waals surface area contributed by atoms with Crippen molar-refractivity contribution >= 4 is 17.7 Å². The van der Waals surface area contributed by atoms with E-state index in [1.54, 1.807) is 12.1 Å². The Balaban J connectivity index is 1.90. The molecule has 0 radical (unpaired) electrons. The van der Waals surface area contributed by atoms with E-state index >= 15 is 0 Å². The number of amidine groups is 1. The fourth-order valence-corrected chi connectivity index (χ4v) is 4.53. The van der Waals surface area contributed by atoms with Gasteiger partial charge >= 0.3 is 5.97 Å². The molecule has 1 aromatic rings. The fraction of sp³-hybridized carbons (Fsp3) is 0.600. The lowest BCUT2D eigenvalue weighted by Gasteiger charge is -2.38. The van der Waals surface area contributed by atoms with E-state index in [1.807, 2.05) is 35.8 Å². The van der Waals surface area contributed by atoms with E-state index in [9.17, 15) is 20.0 Å². The van der Waals surface area contributed by atoms with Crippen LogP contribution < -0.4 is 0 Å². The number of carbonyl (C=O) groups is 2. The number of aromatic carboxylic acids is 1. The van der Waals surface area contributed by atoms with E-state index in [0.29, 0.717) is 18.9 Å². The summed E-state index contributed by atoms with van der Waals surface area (Å²) in [7, 11) is 0. The second-order valence-corrected chi connectivity index (χ2v) is 10.5. The highest BCUT2D eigenvalue weighted by atomic mass is 16.4. The summed E-state index contributed by atoms with van der Waals surface area (Å²) in [5.41, 5.74) is 0.523. The summed E-state index contributed by atoms with van der Waals surface area (Å²) in [6.45, 7) is 11.8. The molecule has 2 aliphatic heterocycles. The van der Waals surface area contributed by atoms with Crippen LogP contribution in [0.5, 0.6) is 0 Å². The van der Waals surface area contributed by atoms with Gasteiger partial charge in [-0.05, 0) is 62.6 Å². The molecule has 0 spiro atoms. The number of hydrogen-bond acceptors (Lipinski definition) is 5. The van der Waals surface area contributed by atoms with E-state index in [-0.39, 0.29) is 28.8 Å². The molecular formula is C25H34N4O3. The Kier molecular flexibility index (Phi) is 6.64. The van der Waals surface area contributed by atoms with Gasteiger partial charge in [-0.2, -0.15) is 5.26 Å². The number of rotatable bonds is 5. The third-order valence-corrected chi connectivity index (χ3v) is 6.38. The molecule has 1 fully saturated rings. The van der Waals surface area contributed by atoms with E-state index in [4.69, 9.17) is 4.99 Å². The summed E-state index contributed by atoms with van der Waals surface area (Å²) < 4.78 is 0. The van der Waals surface area contributed by atoms with Crippen molar-refractivity contribution < 1.29 is 14.7 Å². The Bertz CT molecular complexity index is 929. The lowest BCUT2D eigenvalue weighted by atomic mass is 9.86. The highest BCUT2D eigenvalue weighted by Gasteiger charge is 2.46. The van der Waals surface area contributed by atoms with Crippen LogP contribution in [0, 0.1) is 22.7 Å². The number of carboxylic acid groups (broad SMARTS) is 1. The Morgan fingerprint density at radius 2 is 1.84 bits per heavy atom. The average molecular weight is 439 g/mol. The minimum atomic E-state index is -0.966. The number of likely N-dealkylation sites (tertiary alicyclic amines) is 1. The molecule has 172 valence electrons. The van der Waals surface area contributed by atoms with Crippen LogP contribution in [0.1, 0.15) is 82.3 Å². The maximum Gasteiger partial charge on any atom is 0.335 e. The van der Waals surface area contributed by atoms with Crippen LogP contribution in [-0.2, 0) is 4.79 Å². The quantitative estimate of drug-likeness (QED) is 0.732. The number of benzene rings is 1. The molecule has 7 nitrogen and oxygen atoms in total. The Morgan fingerprint density at radius 1 is 1.25 bits per heavy atom. The third kappa shape index (κ3) is 5.12. The number of aliphatic imine (C=N–C) groups is 1. The second kappa shape index (κ2) is 8.93. The zero-order valence-corrected chi connectivity index (χ0v) is 19.8. The highest BCUT2D eigenvalue weighted by Crippen LogP contribution is 2.39. The molecule has 1 N–H and O–H groups in total. The first-order valence-corrected chi connectivity index (χ1v) is 11.3. The van der Waals surface area contributed by atoms with E-state index in [1.165, 1.54) is 0 Å². The summed E-state index contributed by atoms with van der Waals surface area (Å²) in [5, 5.41) is 18.5. The molecule has 0 aliphatic carbocycles. The molecule has 1 atom stereocenters. The molecular weight excluding hydrogens is 404 g/mol. The lowest BCUT2D eigenvalue weighted by Crippen LogP contribution is -2.48. The van der Waals surface area contributed by atoms with Crippen molar-refractivity contribution in [1.82, 2.24) is 9.80 Å². The van der Waals surface area contributed by atoms with Crippen LogP contribution >= 0.6 is 0 Å². The van der Waals surface area contributed by atoms with E-state index in [0.717, 1.165) is 31.2 Å². The minimum absolute atomic E-state index is 0.0414. The zero-order chi connectivity index (χ0) is 23.7. The van der Waals surface area contributed by atoms with E-state index in [2.05, 4.69) is 26.8 Å². The first kappa shape index (κ1) is 23.8. The molecule has 3 rings (SSSR count). The van der Waals surface area contributed by atoms with E-state index < -0.39 is 11.6 Å². The zero-order valence-electron chi connectivity index (χ0n) is 19.8. The Labute approximate surface area is 190 Å². The van der Waals surface area contributed by atoms with Gasteiger partial charge in [0.15, 0.2) is 5.84 Å². The van der Waals surface area contributed by atoms with Gasteiger partial charge in [-0.25, -0.2) is 9.79 Å². The molecule has 1 saturated heterocycles. The minimum Gasteiger partial charge on any atom is -0.478 e. The van der Waals surface area contributed by atoms with Crippen molar-refractivity contribution in [2.24, 2.45) is 16.3 Å². The number of hydrogen-bond donors (Lipinski definition) is 1. The molecule has 0 bridgehead atoms. The van der Waals surface area contributed by atoms with Crippen LogP contribution in [-0.4, -0.2) is 51.4 Å². The van der Waals surface area contributed by atoms with Crippen molar-refractivity contribution in [2.45, 2.75) is 72.0 Å². The average Bonchev–Trinajstić information content (AvgIpc) is 2.97. The summed E-state index contributed by atoms with van der Waals surface area (Å²) >= 11 is 0. The van der Waals surface area contributed by atoms with Gasteiger partial charge in [0.1, 0.15) is 5.66 Å². The molecule has 32 heavy (non-hydrogen) atoms. The Morgan fingerprint density at radius 3 is 2.34 bits per heavy atom. The largest absolute Gasteiger partial charge is 0.478 e. The standard InChI is InChI=1S/C25H34N4O3/c1-24(2,3)13-10-20(18-6-8-19(9-7-18)23(31)32)29-22(30)21(27-25(29,4)5)28-14-11-17(16-26)12-15-28/h6-9,17,20H,10-15H2,1-5H3,(H,31,32)/t20-/m1/s1. The fourth-order valence-electron chi connectivity index (χ4n) is 4.53. The molecule has 0 aromatic heterocycles. The molecule has 1 amide bonds. The maximum absolute atomic E-state index is 13.7. The van der Waals surface area contributed by atoms with Crippen molar-refractivity contribution in [3.63, 3.8) is 0 Å². The summed E-state index contributed by atoms with van der Waals surface area (Å²) in [5.74, 6) is -0.535. The van der Waals surface area contributed by atoms with Crippen LogP contribution in [0.2, 0.25) is 0 Å². The lowest BCUT2D eigenvalue weighted by molar-refractivity contribution is -0.131. The van der Waals surface area contributed by atoms with Crippen LogP contribution in [0.4, 0.5) is 0 Å². The SMILES string of the molecule is CC(C)(C)CC[C@H](c1ccc(C(=O)O)cc1)N1C(=O)C(N2CCC(C#N)CC2)=NC1(C)C. The number of carboxylic acids is 1. The van der Waals surface area contributed by atoms with Gasteiger partial charge < -0.3 is 14.9 Å². The van der Waals surface area contributed by atoms with Crippen molar-refractivity contribution in [3.8, 4) is 6.07 Å². The number of nitrogens with zero attached hydrogens (tertiary/aromatic N) is 4. The van der Waals surface area contributed by atoms with Gasteiger partial charge in [0.2, 0.25) is 0 Å². The maximum atomic E-state index is 13.7. The normalized spacial score (nSPS) is 20.1. The Hall–Kier alpha value is -2.88. The third-order valence-electron chi connectivity index (χ3n) is 6.38. The van der Waals surface area contributed by atoms with Gasteiger partial charge in [-0.15, -0.1) is 0 Å². The second-order valence-electron chi connectivity index (χ2n) is 10.5. The molecule has 2 heterocycles. The monoisotopic (exact) mass is 438 g/mol. The van der Waals surface area contributed by atoms with Crippen LogP contribution in [0.25, 0.3) is 0 Å². The molecule has 0 saturated carbocycles. The summed E-state index contributed by atoms with van der Waals surface area (Å²) in [6, 6.07) is 8.95. The van der Waals surface area contributed by atoms with Crippen molar-refractivity contribution in [2.75, 3.05) is 13.1 Å². The first-order valence-electron chi connectivity index (χ1n) is 11.3. The molecule has 2 aliphatic rings. The number of amides is 1. The predicted octanol–water partition coefficient (Wildman–Crippen LogP) is 4.46. The van der Waals surface area contributed by atoms with Gasteiger partial charge in [-0.3, -0.25) is 4.79 Å². The van der Waals surface area contributed by atoms with Gasteiger partial charge in [0.25, 0.3) is 5.91 Å². The van der Waals surface area contributed by atoms with Crippen molar-refractivity contribution in [1.29, 1.82) is 5.26 Å². The predicted molar refractivity (Wildman–Crippen MR) is 123 cm³/mol. The molecule has 0 unspecified atom stereocenters. The van der Waals surface area contributed by atoms with Crippen molar-refractivity contribution in [3.05, 3.63) is 35.4 Å². The smallest absolute Gasteiger partial charge is 0.335 e. The number of nitriles is 1. The molecule has 1 aromatic carbocycles.